The fourth-order valence-electron chi connectivity index (χ4n) is 3.69. The molecular formula is C18H28N3O+. The van der Waals surface area contributed by atoms with Crippen molar-refractivity contribution in [2.24, 2.45) is 0 Å². The Labute approximate surface area is 133 Å². The number of piperazine rings is 3. The van der Waals surface area contributed by atoms with E-state index < -0.39 is 0 Å². The number of nitrogens with one attached hydrogen (secondary N) is 1. The van der Waals surface area contributed by atoms with Gasteiger partial charge in [-0.15, -0.1) is 0 Å². The van der Waals surface area contributed by atoms with E-state index in [9.17, 15) is 4.79 Å². The van der Waals surface area contributed by atoms with Crippen LogP contribution in [0.3, 0.4) is 0 Å². The quantitative estimate of drug-likeness (QED) is 0.803. The fraction of sp³-hybridized carbons (Fsp3) is 0.611. The normalized spacial score (nSPS) is 28.3. The number of carbonyl (C=O) groups is 1. The standard InChI is InChI=1S/C18H27N3O/c1-16(7-8-17-5-3-2-4-6-17)19-18(22)15-21-12-9-20(10-13-21)11-14-21/h2-6,16H,7-15H2,1H3/p+1/t16-/m1/s1. The number of aryl methyl sites for hydroxylation is 1. The molecule has 3 aliphatic rings. The number of nitrogens with zero attached hydrogens (tertiary/aromatic N) is 2. The monoisotopic (exact) mass is 302 g/mol. The van der Waals surface area contributed by atoms with E-state index in [-0.39, 0.29) is 11.9 Å². The van der Waals surface area contributed by atoms with Crippen LogP contribution in [0.4, 0.5) is 0 Å². The SMILES string of the molecule is C[C@H](CCc1ccccc1)NC(=O)C[N+]12CCN(CC1)CC2. The number of carbonyl (C=O) groups excluding carboxylic acids is 1. The van der Waals surface area contributed by atoms with Gasteiger partial charge in [-0.25, -0.2) is 0 Å². The zero-order valence-electron chi connectivity index (χ0n) is 13.6. The Morgan fingerprint density at radius 1 is 1.18 bits per heavy atom. The van der Waals surface area contributed by atoms with Gasteiger partial charge in [-0.3, -0.25) is 9.69 Å². The Morgan fingerprint density at radius 2 is 1.82 bits per heavy atom. The molecule has 3 saturated heterocycles. The fourth-order valence-corrected chi connectivity index (χ4v) is 3.69. The molecule has 1 aromatic rings. The number of benzene rings is 1. The molecule has 0 unspecified atom stereocenters. The summed E-state index contributed by atoms with van der Waals surface area (Å²) in [5.74, 6) is 0.232. The van der Waals surface area contributed by atoms with Crippen molar-refractivity contribution < 1.29 is 9.28 Å². The van der Waals surface area contributed by atoms with Gasteiger partial charge in [0.2, 0.25) is 0 Å². The zero-order chi connectivity index (χ0) is 15.4. The van der Waals surface area contributed by atoms with E-state index >= 15 is 0 Å². The first-order valence-electron chi connectivity index (χ1n) is 8.56. The first-order chi connectivity index (χ1) is 10.7. The molecule has 3 aliphatic heterocycles. The molecule has 3 heterocycles. The van der Waals surface area contributed by atoms with E-state index in [2.05, 4.69) is 41.4 Å². The smallest absolute Gasteiger partial charge is 0.275 e. The van der Waals surface area contributed by atoms with Crippen molar-refractivity contribution in [3.63, 3.8) is 0 Å². The van der Waals surface area contributed by atoms with Gasteiger partial charge in [0.05, 0.1) is 19.6 Å². The third-order valence-corrected chi connectivity index (χ3v) is 5.27. The lowest BCUT2D eigenvalue weighted by atomic mass is 10.1. The largest absolute Gasteiger partial charge is 0.349 e. The Morgan fingerprint density at radius 3 is 2.45 bits per heavy atom. The van der Waals surface area contributed by atoms with Crippen molar-refractivity contribution in [2.45, 2.75) is 25.8 Å². The molecule has 4 heteroatoms. The topological polar surface area (TPSA) is 32.3 Å². The van der Waals surface area contributed by atoms with Gasteiger partial charge in [0.15, 0.2) is 6.54 Å². The number of rotatable bonds is 6. The lowest BCUT2D eigenvalue weighted by Crippen LogP contribution is -2.69. The van der Waals surface area contributed by atoms with Crippen LogP contribution in [-0.4, -0.2) is 67.1 Å². The van der Waals surface area contributed by atoms with E-state index in [1.807, 2.05) is 6.07 Å². The van der Waals surface area contributed by atoms with E-state index in [1.54, 1.807) is 0 Å². The second kappa shape index (κ2) is 6.80. The van der Waals surface area contributed by atoms with Crippen LogP contribution in [0.25, 0.3) is 0 Å². The van der Waals surface area contributed by atoms with E-state index in [0.717, 1.165) is 56.6 Å². The van der Waals surface area contributed by atoms with Crippen LogP contribution < -0.4 is 5.32 Å². The minimum atomic E-state index is 0.232. The van der Waals surface area contributed by atoms with Gasteiger partial charge in [0.25, 0.3) is 5.91 Å². The van der Waals surface area contributed by atoms with E-state index in [0.29, 0.717) is 6.54 Å². The maximum atomic E-state index is 12.4. The molecule has 1 N–H and O–H groups in total. The van der Waals surface area contributed by atoms with Crippen LogP contribution in [0, 0.1) is 0 Å². The summed E-state index contributed by atoms with van der Waals surface area (Å²) >= 11 is 0. The van der Waals surface area contributed by atoms with Gasteiger partial charge in [0, 0.05) is 25.7 Å². The molecule has 0 saturated carbocycles. The summed E-state index contributed by atoms with van der Waals surface area (Å²) in [5.41, 5.74) is 1.35. The molecule has 120 valence electrons. The zero-order valence-corrected chi connectivity index (χ0v) is 13.6. The van der Waals surface area contributed by atoms with Crippen molar-refractivity contribution >= 4 is 5.91 Å². The van der Waals surface area contributed by atoms with Gasteiger partial charge in [-0.1, -0.05) is 30.3 Å². The predicted octanol–water partition coefficient (Wildman–Crippen LogP) is 1.27. The second-order valence-electron chi connectivity index (χ2n) is 7.01. The highest BCUT2D eigenvalue weighted by atomic mass is 16.2. The second-order valence-corrected chi connectivity index (χ2v) is 7.01. The third-order valence-electron chi connectivity index (χ3n) is 5.27. The van der Waals surface area contributed by atoms with Crippen LogP contribution in [0.1, 0.15) is 18.9 Å². The van der Waals surface area contributed by atoms with Crippen LogP contribution in [0.15, 0.2) is 30.3 Å². The molecule has 4 rings (SSSR count). The number of amides is 1. The summed E-state index contributed by atoms with van der Waals surface area (Å²) in [7, 11) is 0. The highest BCUT2D eigenvalue weighted by Crippen LogP contribution is 2.19. The molecule has 0 spiro atoms. The lowest BCUT2D eigenvalue weighted by molar-refractivity contribution is -0.933. The summed E-state index contributed by atoms with van der Waals surface area (Å²) in [6, 6.07) is 10.7. The Hall–Kier alpha value is -1.39. The van der Waals surface area contributed by atoms with E-state index in [1.165, 1.54) is 5.56 Å². The summed E-state index contributed by atoms with van der Waals surface area (Å²) < 4.78 is 1.01. The van der Waals surface area contributed by atoms with Crippen molar-refractivity contribution in [2.75, 3.05) is 45.8 Å². The summed E-state index contributed by atoms with van der Waals surface area (Å²) in [4.78, 5) is 14.9. The Balaban J connectivity index is 1.43. The highest BCUT2D eigenvalue weighted by molar-refractivity contribution is 5.77. The average molecular weight is 302 g/mol. The minimum Gasteiger partial charge on any atom is -0.349 e. The van der Waals surface area contributed by atoms with E-state index in [4.69, 9.17) is 0 Å². The molecule has 22 heavy (non-hydrogen) atoms. The molecule has 4 nitrogen and oxygen atoms in total. The number of fused-ring (bicyclic) bond motifs is 3. The molecule has 1 atom stereocenters. The molecule has 0 radical (unpaired) electrons. The Bertz CT molecular complexity index is 481. The summed E-state index contributed by atoms with van der Waals surface area (Å²) in [6.07, 6.45) is 2.03. The lowest BCUT2D eigenvalue weighted by Gasteiger charge is -2.50. The highest BCUT2D eigenvalue weighted by Gasteiger charge is 2.39. The average Bonchev–Trinajstić information content (AvgIpc) is 2.55. The van der Waals surface area contributed by atoms with Crippen LogP contribution >= 0.6 is 0 Å². The van der Waals surface area contributed by atoms with Gasteiger partial charge in [0.1, 0.15) is 0 Å². The summed E-state index contributed by atoms with van der Waals surface area (Å²) in [6.45, 7) is 9.71. The first kappa shape index (κ1) is 15.5. The number of quaternary nitrogens is 1. The molecule has 2 bridgehead atoms. The van der Waals surface area contributed by atoms with Gasteiger partial charge in [-0.05, 0) is 25.3 Å². The Kier molecular flexibility index (Phi) is 4.79. The molecule has 0 aliphatic carbocycles. The van der Waals surface area contributed by atoms with Crippen LogP contribution in [0.5, 0.6) is 0 Å². The van der Waals surface area contributed by atoms with Gasteiger partial charge >= 0.3 is 0 Å². The minimum absolute atomic E-state index is 0.232. The number of hydrogen-bond acceptors (Lipinski definition) is 2. The van der Waals surface area contributed by atoms with Crippen LogP contribution in [0.2, 0.25) is 0 Å². The predicted molar refractivity (Wildman–Crippen MR) is 88.5 cm³/mol. The molecule has 3 fully saturated rings. The van der Waals surface area contributed by atoms with Crippen molar-refractivity contribution in [3.8, 4) is 0 Å². The van der Waals surface area contributed by atoms with Crippen molar-refractivity contribution in [3.05, 3.63) is 35.9 Å². The molecule has 0 aromatic heterocycles. The maximum absolute atomic E-state index is 12.4. The van der Waals surface area contributed by atoms with Crippen molar-refractivity contribution in [1.29, 1.82) is 0 Å². The maximum Gasteiger partial charge on any atom is 0.275 e. The third kappa shape index (κ3) is 3.87. The van der Waals surface area contributed by atoms with Gasteiger partial charge in [-0.2, -0.15) is 0 Å². The molecule has 1 aromatic carbocycles. The molecule has 1 amide bonds. The van der Waals surface area contributed by atoms with Crippen LogP contribution in [-0.2, 0) is 11.2 Å². The summed E-state index contributed by atoms with van der Waals surface area (Å²) in [5, 5.41) is 3.21. The number of hydrogen-bond donors (Lipinski definition) is 1. The first-order valence-corrected chi connectivity index (χ1v) is 8.56. The van der Waals surface area contributed by atoms with Crippen molar-refractivity contribution in [1.82, 2.24) is 10.2 Å². The van der Waals surface area contributed by atoms with Gasteiger partial charge < -0.3 is 9.80 Å². The molecular weight excluding hydrogens is 274 g/mol.